The molecular formula is C36H30. The number of benzene rings is 4. The molecule has 3 aliphatic rings. The molecule has 0 bridgehead atoms. The Balaban J connectivity index is 1.70. The van der Waals surface area contributed by atoms with Gasteiger partial charge in [0.05, 0.1) is 0 Å². The van der Waals surface area contributed by atoms with Crippen molar-refractivity contribution in [2.45, 2.75) is 37.0 Å². The molecule has 0 saturated carbocycles. The van der Waals surface area contributed by atoms with Gasteiger partial charge < -0.3 is 0 Å². The van der Waals surface area contributed by atoms with Gasteiger partial charge in [-0.3, -0.25) is 0 Å². The van der Waals surface area contributed by atoms with E-state index in [-0.39, 0.29) is 0 Å². The van der Waals surface area contributed by atoms with Gasteiger partial charge in [-0.1, -0.05) is 91.0 Å². The SMILES string of the molecule is C=CC[C@@H]1c2ccccc2-c2c1c1c(c3c2[C@H](CC=C)c2ccccc2-3)[C@H](CC=C)c2ccccc2-1. The fourth-order valence-electron chi connectivity index (χ4n) is 7.51. The summed E-state index contributed by atoms with van der Waals surface area (Å²) in [4.78, 5) is 0. The van der Waals surface area contributed by atoms with Crippen LogP contribution >= 0.6 is 0 Å². The van der Waals surface area contributed by atoms with E-state index in [1.54, 1.807) is 0 Å². The Kier molecular flexibility index (Phi) is 4.79. The summed E-state index contributed by atoms with van der Waals surface area (Å²) >= 11 is 0. The van der Waals surface area contributed by atoms with Gasteiger partial charge in [0.15, 0.2) is 0 Å². The minimum absolute atomic E-state index is 0.330. The molecule has 0 radical (unpaired) electrons. The summed E-state index contributed by atoms with van der Waals surface area (Å²) < 4.78 is 0. The van der Waals surface area contributed by atoms with Crippen LogP contribution in [-0.2, 0) is 0 Å². The minimum Gasteiger partial charge on any atom is -0.103 e. The molecule has 4 aromatic rings. The van der Waals surface area contributed by atoms with Gasteiger partial charge in [0.1, 0.15) is 0 Å². The van der Waals surface area contributed by atoms with E-state index >= 15 is 0 Å². The first kappa shape index (κ1) is 21.4. The molecule has 0 heteroatoms. The third kappa shape index (κ3) is 2.65. The summed E-state index contributed by atoms with van der Waals surface area (Å²) in [5, 5.41) is 0. The van der Waals surface area contributed by atoms with Crippen LogP contribution in [0.25, 0.3) is 33.4 Å². The zero-order valence-electron chi connectivity index (χ0n) is 20.6. The van der Waals surface area contributed by atoms with Crippen LogP contribution in [0.3, 0.4) is 0 Å². The lowest BCUT2D eigenvalue weighted by molar-refractivity contribution is 0.828. The van der Waals surface area contributed by atoms with Crippen molar-refractivity contribution < 1.29 is 0 Å². The Hall–Kier alpha value is -3.90. The van der Waals surface area contributed by atoms with Crippen LogP contribution < -0.4 is 0 Å². The molecule has 7 rings (SSSR count). The molecule has 0 spiro atoms. The molecule has 0 aliphatic heterocycles. The van der Waals surface area contributed by atoms with Crippen molar-refractivity contribution in [2.24, 2.45) is 0 Å². The predicted octanol–water partition coefficient (Wildman–Crippen LogP) is 9.75. The largest absolute Gasteiger partial charge is 0.103 e. The van der Waals surface area contributed by atoms with Crippen LogP contribution in [0, 0.1) is 0 Å². The van der Waals surface area contributed by atoms with E-state index in [1.165, 1.54) is 66.8 Å². The molecule has 0 N–H and O–H groups in total. The number of hydrogen-bond acceptors (Lipinski definition) is 0. The maximum absolute atomic E-state index is 4.18. The summed E-state index contributed by atoms with van der Waals surface area (Å²) in [7, 11) is 0. The Morgan fingerprint density at radius 3 is 1.00 bits per heavy atom. The molecule has 4 aromatic carbocycles. The first-order valence-corrected chi connectivity index (χ1v) is 13.1. The van der Waals surface area contributed by atoms with Crippen LogP contribution in [-0.4, -0.2) is 0 Å². The van der Waals surface area contributed by atoms with E-state index in [9.17, 15) is 0 Å². The Morgan fingerprint density at radius 1 is 0.444 bits per heavy atom. The number of rotatable bonds is 6. The Bertz CT molecular complexity index is 1370. The number of allylic oxidation sites excluding steroid dienone is 3. The van der Waals surface area contributed by atoms with E-state index in [0.29, 0.717) is 17.8 Å². The summed E-state index contributed by atoms with van der Waals surface area (Å²) in [6.45, 7) is 12.5. The van der Waals surface area contributed by atoms with Crippen molar-refractivity contribution in [3.8, 4) is 33.4 Å². The van der Waals surface area contributed by atoms with Crippen molar-refractivity contribution in [3.63, 3.8) is 0 Å². The molecule has 3 aliphatic carbocycles. The van der Waals surface area contributed by atoms with E-state index in [4.69, 9.17) is 0 Å². The maximum Gasteiger partial charge on any atom is 0.0142 e. The second-order valence-corrected chi connectivity index (χ2v) is 10.4. The molecule has 0 unspecified atom stereocenters. The minimum atomic E-state index is 0.330. The maximum atomic E-state index is 4.18. The molecule has 174 valence electrons. The molecular weight excluding hydrogens is 432 g/mol. The highest BCUT2D eigenvalue weighted by Gasteiger charge is 2.45. The topological polar surface area (TPSA) is 0 Å². The van der Waals surface area contributed by atoms with Crippen LogP contribution in [0.2, 0.25) is 0 Å². The Labute approximate surface area is 214 Å². The standard InChI is InChI=1S/C36H30/c1-4-13-25-22-16-7-10-19-28(22)34-31(25)35-29-20-11-8-17-23(29)26(14-5-2)33(35)36-30-21-12-9-18-24(30)27(15-6-3)32(34)36/h4-12,16-21,25-27H,1-3,13-15H2/t25-,26-,27-/m1/s1. The monoisotopic (exact) mass is 462 g/mol. The molecule has 0 saturated heterocycles. The molecule has 0 fully saturated rings. The second-order valence-electron chi connectivity index (χ2n) is 10.4. The lowest BCUT2D eigenvalue weighted by atomic mass is 9.79. The van der Waals surface area contributed by atoms with Gasteiger partial charge in [0.25, 0.3) is 0 Å². The first-order valence-electron chi connectivity index (χ1n) is 13.1. The van der Waals surface area contributed by atoms with Crippen molar-refractivity contribution in [3.05, 3.63) is 144 Å². The molecule has 0 heterocycles. The van der Waals surface area contributed by atoms with Gasteiger partial charge in [-0.05, 0) is 86.0 Å². The molecule has 0 nitrogen and oxygen atoms in total. The van der Waals surface area contributed by atoms with Crippen LogP contribution in [0.15, 0.2) is 111 Å². The quantitative estimate of drug-likeness (QED) is 0.250. The first-order chi connectivity index (χ1) is 17.8. The highest BCUT2D eigenvalue weighted by Crippen LogP contribution is 2.65. The fraction of sp³-hybridized carbons (Fsp3) is 0.167. The second kappa shape index (κ2) is 8.07. The molecule has 3 atom stereocenters. The van der Waals surface area contributed by atoms with Gasteiger partial charge in [-0.25, -0.2) is 0 Å². The average molecular weight is 463 g/mol. The summed E-state index contributed by atoms with van der Waals surface area (Å²) in [5.41, 5.74) is 17.5. The Morgan fingerprint density at radius 2 is 0.722 bits per heavy atom. The van der Waals surface area contributed by atoms with Gasteiger partial charge in [-0.15, -0.1) is 19.7 Å². The van der Waals surface area contributed by atoms with Gasteiger partial charge >= 0.3 is 0 Å². The summed E-state index contributed by atoms with van der Waals surface area (Å²) in [6.07, 6.45) is 9.16. The molecule has 0 amide bonds. The van der Waals surface area contributed by atoms with Crippen molar-refractivity contribution >= 4 is 0 Å². The smallest absolute Gasteiger partial charge is 0.0142 e. The number of fused-ring (bicyclic) bond motifs is 12. The highest BCUT2D eigenvalue weighted by atomic mass is 14.5. The third-order valence-electron chi connectivity index (χ3n) is 8.69. The highest BCUT2D eigenvalue weighted by molar-refractivity contribution is 6.02. The number of hydrogen-bond donors (Lipinski definition) is 0. The van der Waals surface area contributed by atoms with Crippen LogP contribution in [0.4, 0.5) is 0 Å². The molecule has 0 aromatic heterocycles. The fourth-order valence-corrected chi connectivity index (χ4v) is 7.51. The van der Waals surface area contributed by atoms with Crippen molar-refractivity contribution in [2.75, 3.05) is 0 Å². The van der Waals surface area contributed by atoms with Crippen LogP contribution in [0.1, 0.15) is 70.4 Å². The van der Waals surface area contributed by atoms with Gasteiger partial charge in [0.2, 0.25) is 0 Å². The zero-order chi connectivity index (χ0) is 24.4. The van der Waals surface area contributed by atoms with E-state index in [2.05, 4.69) is 111 Å². The lowest BCUT2D eigenvalue weighted by Gasteiger charge is -2.24. The van der Waals surface area contributed by atoms with E-state index in [1.807, 2.05) is 0 Å². The molecule has 36 heavy (non-hydrogen) atoms. The van der Waals surface area contributed by atoms with E-state index < -0.39 is 0 Å². The van der Waals surface area contributed by atoms with Gasteiger partial charge in [0, 0.05) is 17.8 Å². The normalized spacial score (nSPS) is 19.5. The van der Waals surface area contributed by atoms with Gasteiger partial charge in [-0.2, -0.15) is 0 Å². The third-order valence-corrected chi connectivity index (χ3v) is 8.69. The van der Waals surface area contributed by atoms with Crippen LogP contribution in [0.5, 0.6) is 0 Å². The summed E-state index contributed by atoms with van der Waals surface area (Å²) in [6, 6.07) is 27.3. The van der Waals surface area contributed by atoms with Crippen molar-refractivity contribution in [1.82, 2.24) is 0 Å². The lowest BCUT2D eigenvalue weighted by Crippen LogP contribution is -2.05. The summed E-state index contributed by atoms with van der Waals surface area (Å²) in [5.74, 6) is 0.990. The van der Waals surface area contributed by atoms with E-state index in [0.717, 1.165) is 19.3 Å². The average Bonchev–Trinajstić information content (AvgIpc) is 3.52. The zero-order valence-corrected chi connectivity index (χ0v) is 20.6. The van der Waals surface area contributed by atoms with Crippen molar-refractivity contribution in [1.29, 1.82) is 0 Å². The predicted molar refractivity (Wildman–Crippen MR) is 153 cm³/mol.